The zero-order valence-corrected chi connectivity index (χ0v) is 20.3. The van der Waals surface area contributed by atoms with E-state index >= 15 is 0 Å². The van der Waals surface area contributed by atoms with Gasteiger partial charge >= 0.3 is 0 Å². The maximum Gasteiger partial charge on any atom is 0.209 e. The Labute approximate surface area is 207 Å². The summed E-state index contributed by atoms with van der Waals surface area (Å²) in [6.07, 6.45) is 0.926. The Balaban J connectivity index is 1.63. The molecule has 3 aliphatic rings. The summed E-state index contributed by atoms with van der Waals surface area (Å²) < 4.78 is 6.03. The number of allylic oxidation sites excluding steroid dienone is 2. The van der Waals surface area contributed by atoms with Gasteiger partial charge in [-0.2, -0.15) is 0 Å². The van der Waals surface area contributed by atoms with Crippen LogP contribution in [-0.4, -0.2) is 43.4 Å². The normalized spacial score (nSPS) is 25.7. The summed E-state index contributed by atoms with van der Waals surface area (Å²) in [6.45, 7) is 5.25. The largest absolute Gasteiger partial charge is 0.511 e. The molecule has 8 heteroatoms. The molecule has 1 aromatic carbocycles. The number of aliphatic hydroxyl groups is 3. The van der Waals surface area contributed by atoms with Gasteiger partial charge in [-0.05, 0) is 61.4 Å². The zero-order valence-electron chi connectivity index (χ0n) is 20.3. The third kappa shape index (κ3) is 3.35. The number of phenols is 1. The van der Waals surface area contributed by atoms with E-state index in [1.807, 2.05) is 12.1 Å². The van der Waals surface area contributed by atoms with Crippen LogP contribution in [-0.2, 0) is 22.4 Å². The molecule has 8 nitrogen and oxygen atoms in total. The van der Waals surface area contributed by atoms with Crippen molar-refractivity contribution in [2.75, 3.05) is 0 Å². The molecule has 0 bridgehead atoms. The molecule has 0 saturated heterocycles. The number of carbonyl (C=O) groups is 3. The van der Waals surface area contributed by atoms with Crippen molar-refractivity contribution in [1.29, 1.82) is 0 Å². The third-order valence-corrected chi connectivity index (χ3v) is 7.59. The molecule has 2 aromatic rings. The monoisotopic (exact) mass is 492 g/mol. The molecule has 3 aliphatic carbocycles. The van der Waals surface area contributed by atoms with Gasteiger partial charge < -0.3 is 24.8 Å². The third-order valence-electron chi connectivity index (χ3n) is 7.59. The number of aliphatic hydroxyl groups excluding tert-OH is 2. The Morgan fingerprint density at radius 1 is 1.11 bits per heavy atom. The first-order valence-corrected chi connectivity index (χ1v) is 12.1. The van der Waals surface area contributed by atoms with Crippen LogP contribution in [0.25, 0.3) is 11.3 Å². The van der Waals surface area contributed by atoms with Gasteiger partial charge in [-0.3, -0.25) is 14.4 Å². The second-order valence-electron chi connectivity index (χ2n) is 10.5. The molecular formula is C28H28O8. The van der Waals surface area contributed by atoms with E-state index in [-0.39, 0.29) is 36.1 Å². The summed E-state index contributed by atoms with van der Waals surface area (Å²) >= 11 is 0. The van der Waals surface area contributed by atoms with E-state index in [4.69, 9.17) is 4.42 Å². The number of hydrogen-bond acceptors (Lipinski definition) is 8. The molecule has 5 rings (SSSR count). The molecule has 0 aliphatic heterocycles. The lowest BCUT2D eigenvalue weighted by Crippen LogP contribution is -2.56. The maximum absolute atomic E-state index is 13.7. The smallest absolute Gasteiger partial charge is 0.209 e. The molecule has 0 spiro atoms. The van der Waals surface area contributed by atoms with Crippen molar-refractivity contribution in [3.63, 3.8) is 0 Å². The Kier molecular flexibility index (Phi) is 5.48. The number of aromatic hydroxyl groups is 1. The van der Waals surface area contributed by atoms with Gasteiger partial charge in [0, 0.05) is 29.9 Å². The number of ketones is 3. The van der Waals surface area contributed by atoms with Crippen LogP contribution in [0.5, 0.6) is 5.75 Å². The first-order chi connectivity index (χ1) is 16.9. The van der Waals surface area contributed by atoms with Crippen LogP contribution in [0.2, 0.25) is 0 Å². The van der Waals surface area contributed by atoms with E-state index < -0.39 is 51.9 Å². The summed E-state index contributed by atoms with van der Waals surface area (Å²) in [4.78, 5) is 38.7. The molecule has 4 N–H and O–H groups in total. The van der Waals surface area contributed by atoms with E-state index in [1.54, 1.807) is 6.07 Å². The fourth-order valence-corrected chi connectivity index (χ4v) is 5.99. The van der Waals surface area contributed by atoms with Gasteiger partial charge in [0.25, 0.3) is 0 Å². The predicted octanol–water partition coefficient (Wildman–Crippen LogP) is 4.14. The highest BCUT2D eigenvalue weighted by atomic mass is 16.4. The second kappa shape index (κ2) is 8.20. The van der Waals surface area contributed by atoms with E-state index in [1.165, 1.54) is 6.07 Å². The highest BCUT2D eigenvalue weighted by Crippen LogP contribution is 2.52. The lowest BCUT2D eigenvalue weighted by atomic mass is 9.60. The SMILES string of the molecule is CC(=O)C1=C(O)C[C@@H]2C[C@@H]3Cc4c(-c5ccc(CC(C)C)o5)ccc(O)c4C(=O)C3=C(O)[C@]2(O)C1=O. The van der Waals surface area contributed by atoms with E-state index in [0.29, 0.717) is 22.8 Å². The van der Waals surface area contributed by atoms with Gasteiger partial charge in [0.2, 0.25) is 5.78 Å². The van der Waals surface area contributed by atoms with Gasteiger partial charge in [0.1, 0.15) is 34.4 Å². The number of carbonyl (C=O) groups excluding carboxylic acids is 3. The number of phenolic OH excluding ortho intramolecular Hbond substituents is 1. The topological polar surface area (TPSA) is 145 Å². The van der Waals surface area contributed by atoms with Gasteiger partial charge in [0.05, 0.1) is 5.56 Å². The molecule has 0 radical (unpaired) electrons. The lowest BCUT2D eigenvalue weighted by molar-refractivity contribution is -0.144. The summed E-state index contributed by atoms with van der Waals surface area (Å²) in [5.74, 6) is -3.79. The van der Waals surface area contributed by atoms with Crippen LogP contribution in [0.1, 0.15) is 55.3 Å². The summed E-state index contributed by atoms with van der Waals surface area (Å²) in [5.41, 5.74) is -2.01. The quantitative estimate of drug-likeness (QED) is 0.466. The molecule has 0 saturated carbocycles. The minimum Gasteiger partial charge on any atom is -0.511 e. The molecule has 0 amide bonds. The van der Waals surface area contributed by atoms with Crippen molar-refractivity contribution >= 4 is 17.3 Å². The summed E-state index contributed by atoms with van der Waals surface area (Å²) in [7, 11) is 0. The van der Waals surface area contributed by atoms with Crippen LogP contribution in [0.4, 0.5) is 0 Å². The van der Waals surface area contributed by atoms with Gasteiger partial charge in [-0.1, -0.05) is 13.8 Å². The molecule has 1 aromatic heterocycles. The predicted molar refractivity (Wildman–Crippen MR) is 129 cm³/mol. The molecular weight excluding hydrogens is 464 g/mol. The van der Waals surface area contributed by atoms with E-state index in [2.05, 4.69) is 13.8 Å². The van der Waals surface area contributed by atoms with Crippen molar-refractivity contribution in [3.05, 3.63) is 63.8 Å². The number of furan rings is 1. The van der Waals surface area contributed by atoms with Gasteiger partial charge in [-0.25, -0.2) is 0 Å². The summed E-state index contributed by atoms with van der Waals surface area (Å²) in [5, 5.41) is 43.5. The fourth-order valence-electron chi connectivity index (χ4n) is 5.99. The Morgan fingerprint density at radius 2 is 1.83 bits per heavy atom. The van der Waals surface area contributed by atoms with Crippen molar-refractivity contribution < 1.29 is 39.2 Å². The Morgan fingerprint density at radius 3 is 2.50 bits per heavy atom. The molecule has 36 heavy (non-hydrogen) atoms. The number of hydrogen-bond donors (Lipinski definition) is 4. The van der Waals surface area contributed by atoms with E-state index in [9.17, 15) is 34.8 Å². The maximum atomic E-state index is 13.7. The average Bonchev–Trinajstić information content (AvgIpc) is 3.23. The zero-order chi connectivity index (χ0) is 26.1. The van der Waals surface area contributed by atoms with Crippen molar-refractivity contribution in [2.24, 2.45) is 17.8 Å². The minimum atomic E-state index is -2.49. The summed E-state index contributed by atoms with van der Waals surface area (Å²) in [6, 6.07) is 6.77. The first kappa shape index (κ1) is 24.1. The van der Waals surface area contributed by atoms with Gasteiger partial charge in [0.15, 0.2) is 17.2 Å². The fraction of sp³-hybridized carbons (Fsp3) is 0.393. The Bertz CT molecular complexity index is 1390. The van der Waals surface area contributed by atoms with Crippen molar-refractivity contribution in [3.8, 4) is 17.1 Å². The molecule has 1 heterocycles. The first-order valence-electron chi connectivity index (χ1n) is 12.1. The van der Waals surface area contributed by atoms with Crippen LogP contribution in [0.3, 0.4) is 0 Å². The van der Waals surface area contributed by atoms with Crippen LogP contribution >= 0.6 is 0 Å². The van der Waals surface area contributed by atoms with E-state index in [0.717, 1.165) is 19.1 Å². The number of rotatable bonds is 4. The minimum absolute atomic E-state index is 0.0115. The highest BCUT2D eigenvalue weighted by Gasteiger charge is 2.59. The molecule has 3 atom stereocenters. The average molecular weight is 493 g/mol. The number of benzene rings is 1. The van der Waals surface area contributed by atoms with Gasteiger partial charge in [-0.15, -0.1) is 0 Å². The van der Waals surface area contributed by atoms with Crippen molar-refractivity contribution in [2.45, 2.75) is 52.1 Å². The molecule has 188 valence electrons. The van der Waals surface area contributed by atoms with Crippen LogP contribution in [0, 0.1) is 17.8 Å². The van der Waals surface area contributed by atoms with Crippen LogP contribution in [0.15, 0.2) is 51.3 Å². The molecule has 0 unspecified atom stereocenters. The Hall–Kier alpha value is -3.65. The standard InChI is InChI=1S/C28H28O8/c1-12(2)8-16-4-7-21(36-16)17-5-6-19(30)24-18(17)10-14-9-15-11-20(31)22(13(3)29)26(33)28(15,35)27(34)23(14)25(24)32/h4-7,12,14-15,30-31,34-35H,8-11H2,1-3H3/t14-,15+,28-/m1/s1. The highest BCUT2D eigenvalue weighted by molar-refractivity contribution is 6.25. The second-order valence-corrected chi connectivity index (χ2v) is 10.5. The molecule has 0 fully saturated rings. The van der Waals surface area contributed by atoms with Crippen LogP contribution < -0.4 is 0 Å². The number of Topliss-reactive ketones (excluding diaryl/α,β-unsaturated/α-hetero) is 3. The number of fused-ring (bicyclic) bond motifs is 3. The van der Waals surface area contributed by atoms with Crippen molar-refractivity contribution in [1.82, 2.24) is 0 Å². The lowest BCUT2D eigenvalue weighted by Gasteiger charge is -2.45.